The average Bonchev–Trinajstić information content (AvgIpc) is 2.70. The molecule has 0 N–H and O–H groups in total. The minimum atomic E-state index is -0.198. The number of hydrogen-bond acceptors (Lipinski definition) is 3. The maximum absolute atomic E-state index is 13.4. The van der Waals surface area contributed by atoms with Crippen molar-refractivity contribution in [2.45, 2.75) is 38.3 Å². The number of likely N-dealkylation sites (tertiary alicyclic amines) is 1. The zero-order valence-electron chi connectivity index (χ0n) is 15.4. The third-order valence-electron chi connectivity index (χ3n) is 5.21. The second-order valence-electron chi connectivity index (χ2n) is 7.19. The topological polar surface area (TPSA) is 29.0 Å². The highest BCUT2D eigenvalue weighted by atomic mass is 19.1. The molecule has 4 heteroatoms. The molecule has 1 aliphatic rings. The fourth-order valence-corrected chi connectivity index (χ4v) is 3.85. The Hall–Kier alpha value is -2.59. The minimum Gasteiger partial charge on any atom is -0.290 e. The van der Waals surface area contributed by atoms with Gasteiger partial charge in [-0.2, -0.15) is 0 Å². The molecule has 1 fully saturated rings. The van der Waals surface area contributed by atoms with Crippen LogP contribution in [0.4, 0.5) is 4.39 Å². The molecule has 0 radical (unpaired) electrons. The van der Waals surface area contributed by atoms with E-state index in [4.69, 9.17) is 0 Å². The maximum atomic E-state index is 13.4. The van der Waals surface area contributed by atoms with Gasteiger partial charge in [0.15, 0.2) is 0 Å². The Balaban J connectivity index is 1.47. The van der Waals surface area contributed by atoms with Crippen LogP contribution in [0.15, 0.2) is 67.0 Å². The van der Waals surface area contributed by atoms with Crippen LogP contribution in [0.3, 0.4) is 0 Å². The van der Waals surface area contributed by atoms with E-state index in [-0.39, 0.29) is 5.82 Å². The zero-order valence-corrected chi connectivity index (χ0v) is 15.4. The van der Waals surface area contributed by atoms with Crippen molar-refractivity contribution in [2.24, 2.45) is 0 Å². The molecule has 0 spiro atoms. The molecule has 3 nitrogen and oxygen atoms in total. The number of aromatic nitrogens is 2. The molecule has 0 amide bonds. The average molecular weight is 361 g/mol. The number of benzene rings is 1. The summed E-state index contributed by atoms with van der Waals surface area (Å²) in [6.07, 6.45) is 8.13. The van der Waals surface area contributed by atoms with E-state index in [1.165, 1.54) is 24.5 Å². The van der Waals surface area contributed by atoms with Crippen molar-refractivity contribution in [1.82, 2.24) is 14.9 Å². The van der Waals surface area contributed by atoms with Crippen LogP contribution in [0, 0.1) is 5.82 Å². The molecule has 0 saturated carbocycles. The van der Waals surface area contributed by atoms with Gasteiger partial charge in [-0.15, -0.1) is 0 Å². The first-order valence-corrected chi connectivity index (χ1v) is 9.61. The van der Waals surface area contributed by atoms with Crippen molar-refractivity contribution in [3.63, 3.8) is 0 Å². The molecule has 2 aromatic heterocycles. The van der Waals surface area contributed by atoms with Crippen LogP contribution >= 0.6 is 0 Å². The molecule has 4 rings (SSSR count). The van der Waals surface area contributed by atoms with Gasteiger partial charge in [0.1, 0.15) is 5.82 Å². The molecule has 3 heterocycles. The van der Waals surface area contributed by atoms with E-state index in [1.54, 1.807) is 12.1 Å². The third-order valence-corrected chi connectivity index (χ3v) is 5.21. The van der Waals surface area contributed by atoms with Crippen molar-refractivity contribution in [3.8, 4) is 0 Å². The van der Waals surface area contributed by atoms with Gasteiger partial charge in [-0.3, -0.25) is 14.9 Å². The van der Waals surface area contributed by atoms with Crippen LogP contribution in [0.1, 0.15) is 47.8 Å². The van der Waals surface area contributed by atoms with Crippen LogP contribution in [0.25, 0.3) is 0 Å². The van der Waals surface area contributed by atoms with Crippen LogP contribution in [-0.4, -0.2) is 21.4 Å². The van der Waals surface area contributed by atoms with Crippen molar-refractivity contribution in [1.29, 1.82) is 0 Å². The summed E-state index contributed by atoms with van der Waals surface area (Å²) in [4.78, 5) is 11.6. The Morgan fingerprint density at radius 2 is 1.93 bits per heavy atom. The first-order chi connectivity index (χ1) is 13.3. The molecule has 3 aromatic rings. The van der Waals surface area contributed by atoms with Gasteiger partial charge in [-0.05, 0) is 60.8 Å². The van der Waals surface area contributed by atoms with E-state index in [1.807, 2.05) is 30.6 Å². The summed E-state index contributed by atoms with van der Waals surface area (Å²) in [5.41, 5.74) is 4.29. The lowest BCUT2D eigenvalue weighted by Gasteiger charge is -2.35. The largest absolute Gasteiger partial charge is 0.290 e. The predicted molar refractivity (Wildman–Crippen MR) is 105 cm³/mol. The van der Waals surface area contributed by atoms with Crippen molar-refractivity contribution in [2.75, 3.05) is 6.54 Å². The van der Waals surface area contributed by atoms with E-state index in [0.29, 0.717) is 12.5 Å². The molecular weight excluding hydrogens is 337 g/mol. The van der Waals surface area contributed by atoms with Crippen molar-refractivity contribution < 1.29 is 4.39 Å². The van der Waals surface area contributed by atoms with E-state index in [9.17, 15) is 4.39 Å². The molecule has 0 unspecified atom stereocenters. The summed E-state index contributed by atoms with van der Waals surface area (Å²) in [5, 5.41) is 0. The normalized spacial score (nSPS) is 17.7. The van der Waals surface area contributed by atoms with Gasteiger partial charge in [0, 0.05) is 37.1 Å². The first kappa shape index (κ1) is 17.8. The Morgan fingerprint density at radius 3 is 2.70 bits per heavy atom. The minimum absolute atomic E-state index is 0.198. The molecular formula is C23H24FN3. The first-order valence-electron chi connectivity index (χ1n) is 9.61. The van der Waals surface area contributed by atoms with Crippen LogP contribution in [0.5, 0.6) is 0 Å². The molecule has 1 aromatic carbocycles. The number of hydrogen-bond donors (Lipinski definition) is 0. The van der Waals surface area contributed by atoms with Gasteiger partial charge >= 0.3 is 0 Å². The van der Waals surface area contributed by atoms with E-state index >= 15 is 0 Å². The summed E-state index contributed by atoms with van der Waals surface area (Å²) in [6, 6.07) is 17.5. The van der Waals surface area contributed by atoms with Gasteiger partial charge < -0.3 is 0 Å². The zero-order chi connectivity index (χ0) is 18.5. The molecule has 1 aliphatic heterocycles. The second-order valence-corrected chi connectivity index (χ2v) is 7.19. The number of piperidine rings is 1. The molecule has 27 heavy (non-hydrogen) atoms. The van der Waals surface area contributed by atoms with Crippen LogP contribution < -0.4 is 0 Å². The smallest absolute Gasteiger partial charge is 0.123 e. The molecule has 0 aliphatic carbocycles. The number of rotatable bonds is 5. The number of nitrogens with zero attached hydrogens (tertiary/aromatic N) is 3. The Kier molecular flexibility index (Phi) is 5.54. The van der Waals surface area contributed by atoms with Gasteiger partial charge in [0.2, 0.25) is 0 Å². The van der Waals surface area contributed by atoms with Gasteiger partial charge in [0.25, 0.3) is 0 Å². The second kappa shape index (κ2) is 8.40. The maximum Gasteiger partial charge on any atom is 0.123 e. The summed E-state index contributed by atoms with van der Waals surface area (Å²) in [6.45, 7) is 1.96. The quantitative estimate of drug-likeness (QED) is 0.645. The third kappa shape index (κ3) is 4.58. The Bertz CT molecular complexity index is 864. The van der Waals surface area contributed by atoms with E-state index in [0.717, 1.165) is 36.5 Å². The monoisotopic (exact) mass is 361 g/mol. The van der Waals surface area contributed by atoms with Gasteiger partial charge in [-0.25, -0.2) is 4.39 Å². The summed E-state index contributed by atoms with van der Waals surface area (Å²) in [5.74, 6) is -0.198. The van der Waals surface area contributed by atoms with Crippen LogP contribution in [0.2, 0.25) is 0 Å². The fraction of sp³-hybridized carbons (Fsp3) is 0.304. The number of halogens is 1. The fourth-order valence-electron chi connectivity index (χ4n) is 3.85. The highest BCUT2D eigenvalue weighted by molar-refractivity contribution is 5.25. The van der Waals surface area contributed by atoms with Crippen molar-refractivity contribution >= 4 is 0 Å². The summed E-state index contributed by atoms with van der Waals surface area (Å²) < 4.78 is 13.4. The van der Waals surface area contributed by atoms with E-state index in [2.05, 4.69) is 33.1 Å². The summed E-state index contributed by atoms with van der Waals surface area (Å²) in [7, 11) is 0. The highest BCUT2D eigenvalue weighted by Gasteiger charge is 2.24. The van der Waals surface area contributed by atoms with Crippen LogP contribution in [-0.2, 0) is 13.0 Å². The molecule has 1 saturated heterocycles. The molecule has 1 atom stereocenters. The predicted octanol–water partition coefficient (Wildman–Crippen LogP) is 4.93. The van der Waals surface area contributed by atoms with Crippen molar-refractivity contribution in [3.05, 3.63) is 95.3 Å². The van der Waals surface area contributed by atoms with E-state index < -0.39 is 0 Å². The number of pyridine rings is 2. The molecule has 138 valence electrons. The lowest BCUT2D eigenvalue weighted by Crippen LogP contribution is -2.33. The SMILES string of the molecule is Fc1cccc(Cc2ccc([C@@H]3CCCCN3Cc3ccccn3)cn2)c1. The molecule has 0 bridgehead atoms. The highest BCUT2D eigenvalue weighted by Crippen LogP contribution is 2.31. The lowest BCUT2D eigenvalue weighted by atomic mass is 9.95. The standard InChI is InChI=1S/C23H24FN3/c24-20-7-5-6-18(14-20)15-21-11-10-19(16-26-21)23-9-2-4-13-27(23)17-22-8-1-3-12-25-22/h1,3,5-8,10-12,14,16,23H,2,4,9,13,15,17H2/t23-/m0/s1. The lowest BCUT2D eigenvalue weighted by molar-refractivity contribution is 0.138. The van der Waals surface area contributed by atoms with Gasteiger partial charge in [-0.1, -0.05) is 30.7 Å². The Labute approximate surface area is 159 Å². The Morgan fingerprint density at radius 1 is 0.963 bits per heavy atom. The van der Waals surface area contributed by atoms with Gasteiger partial charge in [0.05, 0.1) is 5.69 Å². The summed E-state index contributed by atoms with van der Waals surface area (Å²) >= 11 is 0.